The van der Waals surface area contributed by atoms with E-state index < -0.39 is 6.10 Å². The SMILES string of the molecule is CCc1ccc(OCC(=O)Nc2ccc3c(c2)N(CCCOc2ccccc2)C(=O)C(C)O3)cc1. The number of para-hydroxylation sites is 1. The van der Waals surface area contributed by atoms with E-state index in [1.54, 1.807) is 30.0 Å². The standard InChI is InChI=1S/C28H30N2O5/c1-3-21-10-13-24(14-11-21)34-19-27(31)29-22-12-15-26-25(18-22)30(28(32)20(2)35-26)16-7-17-33-23-8-5-4-6-9-23/h4-6,8-15,18,20H,3,7,16-17,19H2,1-2H3,(H,29,31). The van der Waals surface area contributed by atoms with Crippen LogP contribution in [0.4, 0.5) is 11.4 Å². The van der Waals surface area contributed by atoms with Crippen LogP contribution in [0.5, 0.6) is 17.2 Å². The van der Waals surface area contributed by atoms with Crippen LogP contribution in [0, 0.1) is 0 Å². The number of fused-ring (bicyclic) bond motifs is 1. The van der Waals surface area contributed by atoms with E-state index in [-0.39, 0.29) is 18.4 Å². The Bertz CT molecular complexity index is 1150. The zero-order chi connectivity index (χ0) is 24.6. The van der Waals surface area contributed by atoms with Gasteiger partial charge in [-0.2, -0.15) is 0 Å². The first-order valence-electron chi connectivity index (χ1n) is 11.8. The molecule has 35 heavy (non-hydrogen) atoms. The number of hydrogen-bond donors (Lipinski definition) is 1. The lowest BCUT2D eigenvalue weighted by Gasteiger charge is -2.33. The third-order valence-electron chi connectivity index (χ3n) is 5.69. The molecule has 1 aliphatic heterocycles. The van der Waals surface area contributed by atoms with Gasteiger partial charge in [0.1, 0.15) is 17.2 Å². The molecule has 2 amide bonds. The number of ether oxygens (including phenoxy) is 3. The molecule has 0 fully saturated rings. The van der Waals surface area contributed by atoms with Gasteiger partial charge in [-0.25, -0.2) is 0 Å². The summed E-state index contributed by atoms with van der Waals surface area (Å²) < 4.78 is 17.1. The maximum atomic E-state index is 12.8. The fourth-order valence-electron chi connectivity index (χ4n) is 3.81. The average molecular weight is 475 g/mol. The zero-order valence-corrected chi connectivity index (χ0v) is 20.0. The summed E-state index contributed by atoms with van der Waals surface area (Å²) in [6, 6.07) is 22.5. The summed E-state index contributed by atoms with van der Waals surface area (Å²) in [6.07, 6.45) is 1.01. The quantitative estimate of drug-likeness (QED) is 0.425. The largest absolute Gasteiger partial charge is 0.494 e. The van der Waals surface area contributed by atoms with Crippen molar-refractivity contribution in [1.82, 2.24) is 0 Å². The van der Waals surface area contributed by atoms with Gasteiger partial charge >= 0.3 is 0 Å². The van der Waals surface area contributed by atoms with Crippen molar-refractivity contribution in [3.63, 3.8) is 0 Å². The summed E-state index contributed by atoms with van der Waals surface area (Å²) in [4.78, 5) is 27.0. The molecule has 1 atom stereocenters. The lowest BCUT2D eigenvalue weighted by atomic mass is 10.1. The predicted molar refractivity (Wildman–Crippen MR) is 135 cm³/mol. The summed E-state index contributed by atoms with van der Waals surface area (Å²) >= 11 is 0. The van der Waals surface area contributed by atoms with Crippen molar-refractivity contribution < 1.29 is 23.8 Å². The Kier molecular flexibility index (Phi) is 7.88. The van der Waals surface area contributed by atoms with Crippen LogP contribution in [0.1, 0.15) is 25.8 Å². The first-order chi connectivity index (χ1) is 17.0. The first-order valence-corrected chi connectivity index (χ1v) is 11.8. The number of carbonyl (C=O) groups is 2. The number of carbonyl (C=O) groups excluding carboxylic acids is 2. The third kappa shape index (κ3) is 6.32. The summed E-state index contributed by atoms with van der Waals surface area (Å²) in [5.41, 5.74) is 2.40. The Hall–Kier alpha value is -4.00. The Labute approximate surface area is 205 Å². The fourth-order valence-corrected chi connectivity index (χ4v) is 3.81. The van der Waals surface area contributed by atoms with Crippen LogP contribution in [0.25, 0.3) is 0 Å². The molecule has 4 rings (SSSR count). The van der Waals surface area contributed by atoms with Gasteiger partial charge in [-0.3, -0.25) is 9.59 Å². The van der Waals surface area contributed by atoms with Crippen LogP contribution < -0.4 is 24.4 Å². The normalized spacial score (nSPS) is 14.6. The van der Waals surface area contributed by atoms with Gasteiger partial charge in [-0.15, -0.1) is 0 Å². The molecular formula is C28H30N2O5. The van der Waals surface area contributed by atoms with E-state index in [1.807, 2.05) is 54.6 Å². The van der Waals surface area contributed by atoms with Crippen LogP contribution in [-0.2, 0) is 16.0 Å². The Morgan fingerprint density at radius 3 is 2.49 bits per heavy atom. The molecular weight excluding hydrogens is 444 g/mol. The molecule has 1 N–H and O–H groups in total. The van der Waals surface area contributed by atoms with Crippen molar-refractivity contribution in [1.29, 1.82) is 0 Å². The maximum Gasteiger partial charge on any atom is 0.267 e. The number of rotatable bonds is 10. The molecule has 7 heteroatoms. The van der Waals surface area contributed by atoms with Gasteiger partial charge in [0.2, 0.25) is 0 Å². The smallest absolute Gasteiger partial charge is 0.267 e. The summed E-state index contributed by atoms with van der Waals surface area (Å²) in [7, 11) is 0. The number of hydrogen-bond acceptors (Lipinski definition) is 5. The molecule has 1 aliphatic rings. The average Bonchev–Trinajstić information content (AvgIpc) is 2.88. The zero-order valence-electron chi connectivity index (χ0n) is 20.0. The van der Waals surface area contributed by atoms with Crippen molar-refractivity contribution in [2.24, 2.45) is 0 Å². The molecule has 0 saturated carbocycles. The summed E-state index contributed by atoms with van der Waals surface area (Å²) in [6.45, 7) is 4.65. The first kappa shape index (κ1) is 24.1. The highest BCUT2D eigenvalue weighted by atomic mass is 16.5. The third-order valence-corrected chi connectivity index (χ3v) is 5.69. The molecule has 7 nitrogen and oxygen atoms in total. The van der Waals surface area contributed by atoms with Crippen molar-refractivity contribution in [2.45, 2.75) is 32.8 Å². The van der Waals surface area contributed by atoms with Gasteiger partial charge < -0.3 is 24.4 Å². The number of nitrogens with one attached hydrogen (secondary N) is 1. The van der Waals surface area contributed by atoms with Gasteiger partial charge in [0.05, 0.1) is 12.3 Å². The number of aryl methyl sites for hydroxylation is 1. The molecule has 1 heterocycles. The molecule has 1 unspecified atom stereocenters. The number of nitrogens with zero attached hydrogens (tertiary/aromatic N) is 1. The van der Waals surface area contributed by atoms with Crippen molar-refractivity contribution in [3.05, 3.63) is 78.4 Å². The number of benzene rings is 3. The molecule has 3 aromatic carbocycles. The Morgan fingerprint density at radius 1 is 1.00 bits per heavy atom. The topological polar surface area (TPSA) is 77.1 Å². The molecule has 0 saturated heterocycles. The molecule has 0 aromatic heterocycles. The lowest BCUT2D eigenvalue weighted by Crippen LogP contribution is -2.45. The highest BCUT2D eigenvalue weighted by molar-refractivity contribution is 6.01. The molecule has 182 valence electrons. The van der Waals surface area contributed by atoms with Crippen LogP contribution in [0.3, 0.4) is 0 Å². The van der Waals surface area contributed by atoms with Crippen LogP contribution in [0.15, 0.2) is 72.8 Å². The monoisotopic (exact) mass is 474 g/mol. The minimum Gasteiger partial charge on any atom is -0.494 e. The van der Waals surface area contributed by atoms with Gasteiger partial charge in [0, 0.05) is 12.2 Å². The molecule has 0 bridgehead atoms. The predicted octanol–water partition coefficient (Wildman–Crippen LogP) is 4.85. The van der Waals surface area contributed by atoms with Crippen LogP contribution in [0.2, 0.25) is 0 Å². The second kappa shape index (κ2) is 11.4. The number of amides is 2. The maximum absolute atomic E-state index is 12.8. The minimum absolute atomic E-state index is 0.116. The molecule has 0 spiro atoms. The molecule has 0 radical (unpaired) electrons. The van der Waals surface area contributed by atoms with E-state index in [2.05, 4.69) is 12.2 Å². The summed E-state index contributed by atoms with van der Waals surface area (Å²) in [5, 5.41) is 2.84. The minimum atomic E-state index is -0.578. The molecule has 0 aliphatic carbocycles. The van der Waals surface area contributed by atoms with Crippen LogP contribution in [-0.4, -0.2) is 37.7 Å². The van der Waals surface area contributed by atoms with Crippen molar-refractivity contribution in [2.75, 3.05) is 30.0 Å². The lowest BCUT2D eigenvalue weighted by molar-refractivity contribution is -0.125. The second-order valence-corrected chi connectivity index (χ2v) is 8.28. The van der Waals surface area contributed by atoms with E-state index >= 15 is 0 Å². The van der Waals surface area contributed by atoms with E-state index in [4.69, 9.17) is 14.2 Å². The van der Waals surface area contributed by atoms with Gasteiger partial charge in [-0.1, -0.05) is 37.3 Å². The van der Waals surface area contributed by atoms with Gasteiger partial charge in [-0.05, 0) is 67.8 Å². The van der Waals surface area contributed by atoms with E-state index in [0.717, 1.165) is 12.2 Å². The highest BCUT2D eigenvalue weighted by Crippen LogP contribution is 2.36. The van der Waals surface area contributed by atoms with E-state index in [9.17, 15) is 9.59 Å². The second-order valence-electron chi connectivity index (χ2n) is 8.28. The molecule has 3 aromatic rings. The van der Waals surface area contributed by atoms with Gasteiger partial charge in [0.15, 0.2) is 12.7 Å². The van der Waals surface area contributed by atoms with Crippen LogP contribution >= 0.6 is 0 Å². The highest BCUT2D eigenvalue weighted by Gasteiger charge is 2.31. The Morgan fingerprint density at radius 2 is 1.74 bits per heavy atom. The van der Waals surface area contributed by atoms with Crippen molar-refractivity contribution in [3.8, 4) is 17.2 Å². The van der Waals surface area contributed by atoms with E-state index in [1.165, 1.54) is 5.56 Å². The number of anilines is 2. The summed E-state index contributed by atoms with van der Waals surface area (Å²) in [5.74, 6) is 1.62. The Balaban J connectivity index is 1.36. The van der Waals surface area contributed by atoms with Crippen molar-refractivity contribution >= 4 is 23.2 Å². The fraction of sp³-hybridized carbons (Fsp3) is 0.286. The van der Waals surface area contributed by atoms with Gasteiger partial charge in [0.25, 0.3) is 11.8 Å². The van der Waals surface area contributed by atoms with E-state index in [0.29, 0.717) is 42.4 Å².